The molecular formula is C16H23N3O2. The third kappa shape index (κ3) is 4.55. The van der Waals surface area contributed by atoms with Crippen molar-refractivity contribution in [3.8, 4) is 0 Å². The van der Waals surface area contributed by atoms with Gasteiger partial charge in [0.05, 0.1) is 5.56 Å². The summed E-state index contributed by atoms with van der Waals surface area (Å²) in [5.74, 6) is 0.526. The van der Waals surface area contributed by atoms with Crippen molar-refractivity contribution in [2.45, 2.75) is 39.2 Å². The first kappa shape index (κ1) is 15.5. The summed E-state index contributed by atoms with van der Waals surface area (Å²) in [7, 11) is 0. The van der Waals surface area contributed by atoms with Crippen LogP contribution in [0.2, 0.25) is 0 Å². The number of rotatable bonds is 4. The summed E-state index contributed by atoms with van der Waals surface area (Å²) >= 11 is 0. The van der Waals surface area contributed by atoms with Crippen LogP contribution in [-0.2, 0) is 4.79 Å². The molecule has 2 heterocycles. The fourth-order valence-electron chi connectivity index (χ4n) is 2.52. The zero-order chi connectivity index (χ0) is 15.2. The zero-order valence-electron chi connectivity index (χ0n) is 12.7. The van der Waals surface area contributed by atoms with Crippen molar-refractivity contribution in [3.63, 3.8) is 0 Å². The van der Waals surface area contributed by atoms with Crippen LogP contribution < -0.4 is 5.32 Å². The molecule has 114 valence electrons. The van der Waals surface area contributed by atoms with Gasteiger partial charge in [0.1, 0.15) is 0 Å². The molecule has 0 bridgehead atoms. The van der Waals surface area contributed by atoms with E-state index >= 15 is 0 Å². The second-order valence-electron chi connectivity index (χ2n) is 5.97. The molecule has 1 aliphatic rings. The predicted octanol–water partition coefficient (Wildman–Crippen LogP) is 1.85. The molecule has 5 heteroatoms. The van der Waals surface area contributed by atoms with Crippen molar-refractivity contribution in [2.75, 3.05) is 13.1 Å². The lowest BCUT2D eigenvalue weighted by atomic mass is 10.0. The molecule has 1 aliphatic heterocycles. The van der Waals surface area contributed by atoms with E-state index in [1.165, 1.54) is 0 Å². The van der Waals surface area contributed by atoms with Crippen LogP contribution in [0.25, 0.3) is 0 Å². The minimum Gasteiger partial charge on any atom is -0.349 e. The van der Waals surface area contributed by atoms with Crippen LogP contribution in [0.15, 0.2) is 24.5 Å². The van der Waals surface area contributed by atoms with Crippen molar-refractivity contribution in [1.29, 1.82) is 0 Å². The highest BCUT2D eigenvalue weighted by Crippen LogP contribution is 2.14. The van der Waals surface area contributed by atoms with Gasteiger partial charge >= 0.3 is 0 Å². The summed E-state index contributed by atoms with van der Waals surface area (Å²) in [6, 6.07) is 3.65. The van der Waals surface area contributed by atoms with E-state index in [4.69, 9.17) is 0 Å². The maximum Gasteiger partial charge on any atom is 0.253 e. The van der Waals surface area contributed by atoms with E-state index in [9.17, 15) is 9.59 Å². The Hall–Kier alpha value is -1.91. The zero-order valence-corrected chi connectivity index (χ0v) is 12.7. The van der Waals surface area contributed by atoms with Crippen molar-refractivity contribution < 1.29 is 9.59 Å². The van der Waals surface area contributed by atoms with E-state index in [1.54, 1.807) is 24.5 Å². The van der Waals surface area contributed by atoms with Gasteiger partial charge in [0.15, 0.2) is 0 Å². The lowest BCUT2D eigenvalue weighted by molar-refractivity contribution is -0.133. The first-order valence-electron chi connectivity index (χ1n) is 7.55. The SMILES string of the molecule is CC(C)CC(=O)N1CCC(NC(=O)c2cccnc2)CC1. The third-order valence-corrected chi connectivity index (χ3v) is 3.69. The lowest BCUT2D eigenvalue weighted by Crippen LogP contribution is -2.46. The molecule has 0 unspecified atom stereocenters. The summed E-state index contributed by atoms with van der Waals surface area (Å²) in [4.78, 5) is 29.9. The quantitative estimate of drug-likeness (QED) is 0.920. The van der Waals surface area contributed by atoms with Gasteiger partial charge in [-0.2, -0.15) is 0 Å². The second-order valence-corrected chi connectivity index (χ2v) is 5.97. The smallest absolute Gasteiger partial charge is 0.253 e. The molecule has 1 aromatic heterocycles. The molecule has 1 fully saturated rings. The van der Waals surface area contributed by atoms with Crippen molar-refractivity contribution >= 4 is 11.8 Å². The number of nitrogens with zero attached hydrogens (tertiary/aromatic N) is 2. The normalized spacial score (nSPS) is 16.0. The Kier molecular flexibility index (Phi) is 5.31. The summed E-state index contributed by atoms with van der Waals surface area (Å²) in [6.07, 6.45) is 5.45. The molecule has 0 aromatic carbocycles. The molecule has 2 amide bonds. The van der Waals surface area contributed by atoms with E-state index in [1.807, 2.05) is 4.90 Å². The Balaban J connectivity index is 1.79. The Labute approximate surface area is 125 Å². The van der Waals surface area contributed by atoms with Crippen molar-refractivity contribution in [2.24, 2.45) is 5.92 Å². The van der Waals surface area contributed by atoms with Gasteiger partial charge in [-0.25, -0.2) is 0 Å². The highest BCUT2D eigenvalue weighted by molar-refractivity contribution is 5.94. The second kappa shape index (κ2) is 7.20. The van der Waals surface area contributed by atoms with E-state index in [0.29, 0.717) is 17.9 Å². The standard InChI is InChI=1S/C16H23N3O2/c1-12(2)10-15(20)19-8-5-14(6-9-19)18-16(21)13-4-3-7-17-11-13/h3-4,7,11-12,14H,5-6,8-10H2,1-2H3,(H,18,21). The summed E-state index contributed by atoms with van der Waals surface area (Å²) in [5, 5.41) is 3.02. The lowest BCUT2D eigenvalue weighted by Gasteiger charge is -2.32. The van der Waals surface area contributed by atoms with E-state index in [0.717, 1.165) is 25.9 Å². The molecule has 0 aliphatic carbocycles. The number of likely N-dealkylation sites (tertiary alicyclic amines) is 1. The average Bonchev–Trinajstić information content (AvgIpc) is 2.48. The minimum atomic E-state index is -0.0879. The number of aromatic nitrogens is 1. The molecule has 1 aromatic rings. The first-order chi connectivity index (χ1) is 10.1. The van der Waals surface area contributed by atoms with Crippen LogP contribution in [0, 0.1) is 5.92 Å². The predicted molar refractivity (Wildman–Crippen MR) is 80.8 cm³/mol. The monoisotopic (exact) mass is 289 g/mol. The fraction of sp³-hybridized carbons (Fsp3) is 0.562. The van der Waals surface area contributed by atoms with Crippen molar-refractivity contribution in [3.05, 3.63) is 30.1 Å². The van der Waals surface area contributed by atoms with Crippen LogP contribution in [-0.4, -0.2) is 40.8 Å². The van der Waals surface area contributed by atoms with E-state index < -0.39 is 0 Å². The molecular weight excluding hydrogens is 266 g/mol. The van der Waals surface area contributed by atoms with Gasteiger partial charge in [-0.05, 0) is 30.9 Å². The van der Waals surface area contributed by atoms with Gasteiger partial charge in [-0.15, -0.1) is 0 Å². The van der Waals surface area contributed by atoms with Crippen LogP contribution in [0.5, 0.6) is 0 Å². The Bertz CT molecular complexity index is 480. The molecule has 0 spiro atoms. The van der Waals surface area contributed by atoms with Crippen LogP contribution in [0.3, 0.4) is 0 Å². The van der Waals surface area contributed by atoms with Gasteiger partial charge in [0, 0.05) is 37.9 Å². The van der Waals surface area contributed by atoms with E-state index in [2.05, 4.69) is 24.1 Å². The highest BCUT2D eigenvalue weighted by Gasteiger charge is 2.24. The molecule has 1 saturated heterocycles. The number of piperidine rings is 1. The largest absolute Gasteiger partial charge is 0.349 e. The number of nitrogens with one attached hydrogen (secondary N) is 1. The molecule has 0 saturated carbocycles. The summed E-state index contributed by atoms with van der Waals surface area (Å²) in [5.41, 5.74) is 0.579. The number of hydrogen-bond acceptors (Lipinski definition) is 3. The molecule has 21 heavy (non-hydrogen) atoms. The number of carbonyl (C=O) groups is 2. The van der Waals surface area contributed by atoms with Crippen LogP contribution >= 0.6 is 0 Å². The molecule has 2 rings (SSSR count). The summed E-state index contributed by atoms with van der Waals surface area (Å²) in [6.45, 7) is 5.56. The van der Waals surface area contributed by atoms with Gasteiger partial charge in [0.2, 0.25) is 5.91 Å². The van der Waals surface area contributed by atoms with Gasteiger partial charge in [-0.1, -0.05) is 13.8 Å². The first-order valence-corrected chi connectivity index (χ1v) is 7.55. The number of pyridine rings is 1. The molecule has 0 radical (unpaired) electrons. The Morgan fingerprint density at radius 2 is 2.10 bits per heavy atom. The number of carbonyl (C=O) groups excluding carboxylic acids is 2. The fourth-order valence-corrected chi connectivity index (χ4v) is 2.52. The van der Waals surface area contributed by atoms with Crippen molar-refractivity contribution in [1.82, 2.24) is 15.2 Å². The van der Waals surface area contributed by atoms with Crippen LogP contribution in [0.1, 0.15) is 43.5 Å². The molecule has 0 atom stereocenters. The Morgan fingerprint density at radius 1 is 1.38 bits per heavy atom. The average molecular weight is 289 g/mol. The van der Waals surface area contributed by atoms with Gasteiger partial charge in [0.25, 0.3) is 5.91 Å². The van der Waals surface area contributed by atoms with Gasteiger partial charge < -0.3 is 10.2 Å². The molecule has 1 N–H and O–H groups in total. The number of amides is 2. The van der Waals surface area contributed by atoms with Crippen LogP contribution in [0.4, 0.5) is 0 Å². The third-order valence-electron chi connectivity index (χ3n) is 3.69. The maximum atomic E-state index is 12.0. The maximum absolute atomic E-state index is 12.0. The highest BCUT2D eigenvalue weighted by atomic mass is 16.2. The molecule has 5 nitrogen and oxygen atoms in total. The minimum absolute atomic E-state index is 0.0879. The Morgan fingerprint density at radius 3 is 2.67 bits per heavy atom. The summed E-state index contributed by atoms with van der Waals surface area (Å²) < 4.78 is 0. The number of hydrogen-bond donors (Lipinski definition) is 1. The topological polar surface area (TPSA) is 62.3 Å². The van der Waals surface area contributed by atoms with Gasteiger partial charge in [-0.3, -0.25) is 14.6 Å². The van der Waals surface area contributed by atoms with E-state index in [-0.39, 0.29) is 17.9 Å².